The van der Waals surface area contributed by atoms with Crippen molar-refractivity contribution in [3.8, 4) is 0 Å². The highest BCUT2D eigenvalue weighted by atomic mass is 16.4. The predicted octanol–water partition coefficient (Wildman–Crippen LogP) is 3.74. The van der Waals surface area contributed by atoms with Crippen molar-refractivity contribution in [1.29, 1.82) is 0 Å². The smallest absolute Gasteiger partial charge is 0.325 e. The van der Waals surface area contributed by atoms with Gasteiger partial charge in [-0.15, -0.1) is 0 Å². The molecule has 1 atom stereocenters. The van der Waals surface area contributed by atoms with Crippen LogP contribution in [0.25, 0.3) is 10.9 Å². The molecule has 0 radical (unpaired) electrons. The van der Waals surface area contributed by atoms with Gasteiger partial charge in [-0.25, -0.2) is 0 Å². The molecule has 2 heterocycles. The molecule has 0 aliphatic carbocycles. The third-order valence-electron chi connectivity index (χ3n) is 5.80. The number of aliphatic carboxylic acids is 1. The van der Waals surface area contributed by atoms with Crippen LogP contribution in [0.15, 0.2) is 66.9 Å². The number of hydrogen-bond acceptors (Lipinski definition) is 4. The molecule has 7 nitrogen and oxygen atoms in total. The first-order valence-electron chi connectivity index (χ1n) is 10.7. The zero-order valence-corrected chi connectivity index (χ0v) is 18.2. The Morgan fingerprint density at radius 2 is 1.84 bits per heavy atom. The molecule has 1 amide bonds. The number of nitrogens with zero attached hydrogens (tertiary/aromatic N) is 2. The van der Waals surface area contributed by atoms with Gasteiger partial charge in [0.1, 0.15) is 6.04 Å². The Hall–Kier alpha value is -3.42. The molecule has 166 valence electrons. The summed E-state index contributed by atoms with van der Waals surface area (Å²) < 4.78 is 0. The van der Waals surface area contributed by atoms with E-state index in [1.54, 1.807) is 18.3 Å². The molecule has 0 spiro atoms. The number of aromatic amines is 1. The number of rotatable bonds is 7. The molecule has 1 aromatic heterocycles. The third-order valence-corrected chi connectivity index (χ3v) is 5.80. The maximum Gasteiger partial charge on any atom is 0.325 e. The molecule has 1 aliphatic heterocycles. The number of amides is 1. The van der Waals surface area contributed by atoms with E-state index in [-0.39, 0.29) is 5.91 Å². The summed E-state index contributed by atoms with van der Waals surface area (Å²) >= 11 is 0. The molecule has 4 rings (SSSR count). The van der Waals surface area contributed by atoms with Crippen LogP contribution in [0.5, 0.6) is 0 Å². The molecule has 0 saturated carbocycles. The van der Waals surface area contributed by atoms with Crippen LogP contribution < -0.4 is 5.32 Å². The van der Waals surface area contributed by atoms with E-state index in [1.165, 1.54) is 0 Å². The number of piperazine rings is 1. The van der Waals surface area contributed by atoms with Crippen LogP contribution >= 0.6 is 0 Å². The van der Waals surface area contributed by atoms with Crippen molar-refractivity contribution in [3.63, 3.8) is 0 Å². The Morgan fingerprint density at radius 1 is 1.12 bits per heavy atom. The molecule has 3 aromatic rings. The van der Waals surface area contributed by atoms with E-state index >= 15 is 0 Å². The number of carboxylic acid groups (broad SMARTS) is 1. The fourth-order valence-corrected chi connectivity index (χ4v) is 4.29. The van der Waals surface area contributed by atoms with Gasteiger partial charge in [0, 0.05) is 66.6 Å². The Morgan fingerprint density at radius 3 is 2.50 bits per heavy atom. The zero-order chi connectivity index (χ0) is 22.7. The summed E-state index contributed by atoms with van der Waals surface area (Å²) in [5.74, 6) is -1.08. The lowest BCUT2D eigenvalue weighted by molar-refractivity contribution is -0.144. The maximum absolute atomic E-state index is 12.5. The molecule has 3 N–H and O–H groups in total. The van der Waals surface area contributed by atoms with Crippen molar-refractivity contribution in [1.82, 2.24) is 14.8 Å². The highest BCUT2D eigenvalue weighted by Gasteiger charge is 2.32. The molecular weight excluding hydrogens is 404 g/mol. The largest absolute Gasteiger partial charge is 0.480 e. The van der Waals surface area contributed by atoms with Crippen LogP contribution in [0.2, 0.25) is 0 Å². The molecule has 1 saturated heterocycles. The van der Waals surface area contributed by atoms with Gasteiger partial charge in [-0.1, -0.05) is 30.4 Å². The van der Waals surface area contributed by atoms with Crippen LogP contribution in [0.4, 0.5) is 5.69 Å². The lowest BCUT2D eigenvalue weighted by Gasteiger charge is -2.37. The molecule has 32 heavy (non-hydrogen) atoms. The van der Waals surface area contributed by atoms with Crippen molar-refractivity contribution < 1.29 is 14.7 Å². The van der Waals surface area contributed by atoms with E-state index in [0.29, 0.717) is 29.9 Å². The Labute approximate surface area is 187 Å². The number of fused-ring (bicyclic) bond motifs is 1. The summed E-state index contributed by atoms with van der Waals surface area (Å²) in [6.45, 7) is 9.76. The molecule has 1 aliphatic rings. The van der Waals surface area contributed by atoms with Crippen LogP contribution in [-0.2, 0) is 4.79 Å². The number of H-pyrrole nitrogens is 1. The zero-order valence-electron chi connectivity index (χ0n) is 18.2. The van der Waals surface area contributed by atoms with Crippen molar-refractivity contribution in [3.05, 3.63) is 78.0 Å². The molecule has 0 unspecified atom stereocenters. The monoisotopic (exact) mass is 432 g/mol. The van der Waals surface area contributed by atoms with E-state index in [1.807, 2.05) is 48.2 Å². The van der Waals surface area contributed by atoms with E-state index in [0.717, 1.165) is 36.1 Å². The first-order chi connectivity index (χ1) is 15.4. The predicted molar refractivity (Wildman–Crippen MR) is 126 cm³/mol. The number of carbonyl (C=O) groups is 2. The third kappa shape index (κ3) is 4.74. The molecule has 7 heteroatoms. The van der Waals surface area contributed by atoms with Crippen molar-refractivity contribution >= 4 is 28.5 Å². The first-order valence-corrected chi connectivity index (χ1v) is 10.7. The normalized spacial score (nSPS) is 16.0. The fraction of sp³-hybridized carbons (Fsp3) is 0.280. The molecule has 0 bridgehead atoms. The topological polar surface area (TPSA) is 88.7 Å². The highest BCUT2D eigenvalue weighted by Crippen LogP contribution is 2.31. The van der Waals surface area contributed by atoms with Gasteiger partial charge in [-0.2, -0.15) is 0 Å². The number of benzene rings is 2. The number of carbonyl (C=O) groups excluding carboxylic acids is 1. The van der Waals surface area contributed by atoms with Crippen molar-refractivity contribution in [2.24, 2.45) is 0 Å². The SMILES string of the molecule is C=C(C)CN1CCN([C@@H](C(=O)O)c2c[nH]c3ccc(NC(=O)c4ccccc4)cc23)CC1. The average Bonchev–Trinajstić information content (AvgIpc) is 3.18. The van der Waals surface area contributed by atoms with Gasteiger partial charge < -0.3 is 15.4 Å². The minimum absolute atomic E-state index is 0.203. The van der Waals surface area contributed by atoms with Gasteiger partial charge >= 0.3 is 5.97 Å². The van der Waals surface area contributed by atoms with Gasteiger partial charge in [0.15, 0.2) is 0 Å². The minimum Gasteiger partial charge on any atom is -0.480 e. The Kier molecular flexibility index (Phi) is 6.39. The summed E-state index contributed by atoms with van der Waals surface area (Å²) in [7, 11) is 0. The van der Waals surface area contributed by atoms with E-state index in [9.17, 15) is 14.7 Å². The number of aromatic nitrogens is 1. The maximum atomic E-state index is 12.5. The quantitative estimate of drug-likeness (QED) is 0.495. The summed E-state index contributed by atoms with van der Waals surface area (Å²) in [5, 5.41) is 13.8. The van der Waals surface area contributed by atoms with Gasteiger partial charge in [-0.05, 0) is 37.3 Å². The standard InChI is InChI=1S/C25H28N4O3/c1-17(2)16-28-10-12-29(13-11-28)23(25(31)32)21-15-26-22-9-8-19(14-20(21)22)27-24(30)18-6-4-3-5-7-18/h3-9,14-15,23,26H,1,10-13,16H2,2H3,(H,27,30)(H,31,32)/t23-/m1/s1. The summed E-state index contributed by atoms with van der Waals surface area (Å²) in [4.78, 5) is 32.3. The van der Waals surface area contributed by atoms with Crippen LogP contribution in [0, 0.1) is 0 Å². The number of carboxylic acids is 1. The van der Waals surface area contributed by atoms with Gasteiger partial charge in [0.05, 0.1) is 0 Å². The highest BCUT2D eigenvalue weighted by molar-refractivity contribution is 6.05. The second-order valence-corrected chi connectivity index (χ2v) is 8.33. The number of hydrogen-bond donors (Lipinski definition) is 3. The molecule has 1 fully saturated rings. The van der Waals surface area contributed by atoms with Crippen LogP contribution in [0.3, 0.4) is 0 Å². The average molecular weight is 433 g/mol. The lowest BCUT2D eigenvalue weighted by Crippen LogP contribution is -2.49. The molecular formula is C25H28N4O3. The Bertz CT molecular complexity index is 1130. The van der Waals surface area contributed by atoms with Gasteiger partial charge in [0.25, 0.3) is 5.91 Å². The lowest BCUT2D eigenvalue weighted by atomic mass is 10.0. The van der Waals surface area contributed by atoms with Crippen molar-refractivity contribution in [2.45, 2.75) is 13.0 Å². The van der Waals surface area contributed by atoms with Crippen molar-refractivity contribution in [2.75, 3.05) is 38.0 Å². The number of anilines is 1. The second kappa shape index (κ2) is 9.38. The van der Waals surface area contributed by atoms with E-state index in [4.69, 9.17) is 0 Å². The summed E-state index contributed by atoms with van der Waals surface area (Å²) in [5.41, 5.74) is 3.84. The first kappa shape index (κ1) is 21.8. The van der Waals surface area contributed by atoms with E-state index in [2.05, 4.69) is 21.8 Å². The number of nitrogens with one attached hydrogen (secondary N) is 2. The van der Waals surface area contributed by atoms with Crippen LogP contribution in [0.1, 0.15) is 28.9 Å². The molecule has 2 aromatic carbocycles. The van der Waals surface area contributed by atoms with Crippen LogP contribution in [-0.4, -0.2) is 64.5 Å². The van der Waals surface area contributed by atoms with E-state index < -0.39 is 12.0 Å². The fourth-order valence-electron chi connectivity index (χ4n) is 4.29. The summed E-state index contributed by atoms with van der Waals surface area (Å²) in [6.07, 6.45) is 1.77. The summed E-state index contributed by atoms with van der Waals surface area (Å²) in [6, 6.07) is 13.8. The second-order valence-electron chi connectivity index (χ2n) is 8.33. The Balaban J connectivity index is 1.57. The van der Waals surface area contributed by atoms with Gasteiger partial charge in [0.2, 0.25) is 0 Å². The van der Waals surface area contributed by atoms with Gasteiger partial charge in [-0.3, -0.25) is 19.4 Å². The minimum atomic E-state index is -0.877.